The van der Waals surface area contributed by atoms with Crippen molar-refractivity contribution < 1.29 is 0 Å². The van der Waals surface area contributed by atoms with Crippen molar-refractivity contribution in [3.63, 3.8) is 0 Å². The van der Waals surface area contributed by atoms with Crippen LogP contribution in [0.3, 0.4) is 0 Å². The molecule has 0 spiro atoms. The lowest BCUT2D eigenvalue weighted by atomic mass is 10.4. The summed E-state index contributed by atoms with van der Waals surface area (Å²) in [6.45, 7) is 2.67. The van der Waals surface area contributed by atoms with Crippen molar-refractivity contribution in [3.05, 3.63) is 30.1 Å². The second kappa shape index (κ2) is 4.69. The van der Waals surface area contributed by atoms with Crippen LogP contribution >= 0.6 is 0 Å². The van der Waals surface area contributed by atoms with Crippen molar-refractivity contribution in [1.29, 1.82) is 0 Å². The highest BCUT2D eigenvalue weighted by molar-refractivity contribution is 5.24. The highest BCUT2D eigenvalue weighted by Crippen LogP contribution is 1.99. The van der Waals surface area contributed by atoms with E-state index < -0.39 is 0 Å². The summed E-state index contributed by atoms with van der Waals surface area (Å²) in [6.07, 6.45) is 4.19. The summed E-state index contributed by atoms with van der Waals surface area (Å²) in [5.41, 5.74) is 0.952. The minimum atomic E-state index is 0.649. The number of nitrogens with one attached hydrogen (secondary N) is 1. The zero-order chi connectivity index (χ0) is 11.4. The van der Waals surface area contributed by atoms with Gasteiger partial charge in [-0.1, -0.05) is 0 Å². The van der Waals surface area contributed by atoms with Crippen LogP contribution in [0.4, 0.5) is 5.95 Å². The zero-order valence-corrected chi connectivity index (χ0v) is 9.38. The molecule has 2 aromatic rings. The van der Waals surface area contributed by atoms with Gasteiger partial charge < -0.3 is 5.32 Å². The summed E-state index contributed by atoms with van der Waals surface area (Å²) in [4.78, 5) is 12.5. The van der Waals surface area contributed by atoms with E-state index in [9.17, 15) is 0 Å². The van der Waals surface area contributed by atoms with Crippen LogP contribution < -0.4 is 5.32 Å². The van der Waals surface area contributed by atoms with Gasteiger partial charge in [-0.2, -0.15) is 5.10 Å². The maximum atomic E-state index is 4.24. The van der Waals surface area contributed by atoms with Crippen molar-refractivity contribution in [2.24, 2.45) is 7.05 Å². The molecule has 0 saturated heterocycles. The molecule has 0 saturated carbocycles. The Kier molecular flexibility index (Phi) is 3.09. The van der Waals surface area contributed by atoms with Crippen LogP contribution in [0.5, 0.6) is 0 Å². The Hall–Kier alpha value is -1.98. The summed E-state index contributed by atoms with van der Waals surface area (Å²) in [7, 11) is 1.85. The van der Waals surface area contributed by atoms with Crippen molar-refractivity contribution >= 4 is 5.95 Å². The van der Waals surface area contributed by atoms with E-state index in [2.05, 4.69) is 25.4 Å². The molecule has 0 atom stereocenters. The molecule has 0 unspecified atom stereocenters. The standard InChI is InChI=1S/C10H14N6/c1-8-3-5-11-10(14-8)12-6-4-9-13-7-16(2)15-9/h3,5,7H,4,6H2,1-2H3,(H,11,12,14). The number of hydrogen-bond donors (Lipinski definition) is 1. The Labute approximate surface area is 93.8 Å². The fraction of sp³-hybridized carbons (Fsp3) is 0.400. The molecule has 16 heavy (non-hydrogen) atoms. The molecule has 0 aromatic carbocycles. The lowest BCUT2D eigenvalue weighted by Gasteiger charge is -2.02. The van der Waals surface area contributed by atoms with E-state index in [4.69, 9.17) is 0 Å². The van der Waals surface area contributed by atoms with E-state index in [0.29, 0.717) is 5.95 Å². The molecule has 0 aliphatic rings. The third-order valence-corrected chi connectivity index (χ3v) is 2.07. The zero-order valence-electron chi connectivity index (χ0n) is 9.38. The van der Waals surface area contributed by atoms with Gasteiger partial charge in [0.25, 0.3) is 0 Å². The largest absolute Gasteiger partial charge is 0.354 e. The fourth-order valence-electron chi connectivity index (χ4n) is 1.32. The minimum Gasteiger partial charge on any atom is -0.354 e. The normalized spacial score (nSPS) is 10.4. The second-order valence-electron chi connectivity index (χ2n) is 3.53. The van der Waals surface area contributed by atoms with Crippen LogP contribution in [-0.4, -0.2) is 31.3 Å². The monoisotopic (exact) mass is 218 g/mol. The van der Waals surface area contributed by atoms with Crippen molar-refractivity contribution in [2.75, 3.05) is 11.9 Å². The van der Waals surface area contributed by atoms with Crippen molar-refractivity contribution in [2.45, 2.75) is 13.3 Å². The molecule has 2 aromatic heterocycles. The van der Waals surface area contributed by atoms with Crippen LogP contribution in [0, 0.1) is 6.92 Å². The predicted octanol–water partition coefficient (Wildman–Crippen LogP) is 0.568. The molecular weight excluding hydrogens is 204 g/mol. The molecule has 84 valence electrons. The van der Waals surface area contributed by atoms with Crippen LogP contribution in [0.2, 0.25) is 0 Å². The average molecular weight is 218 g/mol. The third kappa shape index (κ3) is 2.75. The molecule has 0 fully saturated rings. The molecule has 2 rings (SSSR count). The Balaban J connectivity index is 1.84. The van der Waals surface area contributed by atoms with Crippen molar-refractivity contribution in [1.82, 2.24) is 24.7 Å². The molecule has 0 aliphatic carbocycles. The first-order chi connectivity index (χ1) is 7.74. The molecular formula is C10H14N6. The predicted molar refractivity (Wildman–Crippen MR) is 60.0 cm³/mol. The van der Waals surface area contributed by atoms with Gasteiger partial charge in [0.1, 0.15) is 6.33 Å². The quantitative estimate of drug-likeness (QED) is 0.812. The lowest BCUT2D eigenvalue weighted by Crippen LogP contribution is -2.09. The van der Waals surface area contributed by atoms with Gasteiger partial charge in [0.2, 0.25) is 5.95 Å². The lowest BCUT2D eigenvalue weighted by molar-refractivity contribution is 0.741. The second-order valence-corrected chi connectivity index (χ2v) is 3.53. The molecule has 0 amide bonds. The van der Waals surface area contributed by atoms with E-state index in [0.717, 1.165) is 24.5 Å². The topological polar surface area (TPSA) is 68.5 Å². The number of aromatic nitrogens is 5. The third-order valence-electron chi connectivity index (χ3n) is 2.07. The van der Waals surface area contributed by atoms with E-state index in [1.807, 2.05) is 20.0 Å². The van der Waals surface area contributed by atoms with E-state index >= 15 is 0 Å². The average Bonchev–Trinajstić information content (AvgIpc) is 2.64. The van der Waals surface area contributed by atoms with Gasteiger partial charge in [-0.15, -0.1) is 0 Å². The minimum absolute atomic E-state index is 0.649. The molecule has 2 heterocycles. The first kappa shape index (κ1) is 10.5. The molecule has 6 nitrogen and oxygen atoms in total. The Morgan fingerprint density at radius 1 is 1.38 bits per heavy atom. The van der Waals surface area contributed by atoms with Crippen LogP contribution in [-0.2, 0) is 13.5 Å². The Morgan fingerprint density at radius 2 is 2.25 bits per heavy atom. The maximum absolute atomic E-state index is 4.24. The summed E-state index contributed by atoms with van der Waals surface area (Å²) in [6, 6.07) is 1.87. The molecule has 6 heteroatoms. The first-order valence-corrected chi connectivity index (χ1v) is 5.12. The molecule has 0 radical (unpaired) electrons. The maximum Gasteiger partial charge on any atom is 0.222 e. The SMILES string of the molecule is Cc1ccnc(NCCc2ncn(C)n2)n1. The first-order valence-electron chi connectivity index (χ1n) is 5.12. The van der Waals surface area contributed by atoms with Crippen molar-refractivity contribution in [3.8, 4) is 0 Å². The van der Waals surface area contributed by atoms with Gasteiger partial charge in [0.15, 0.2) is 5.82 Å². The van der Waals surface area contributed by atoms with Gasteiger partial charge in [0, 0.05) is 31.9 Å². The Bertz CT molecular complexity index is 464. The van der Waals surface area contributed by atoms with Gasteiger partial charge in [-0.25, -0.2) is 15.0 Å². The van der Waals surface area contributed by atoms with E-state index in [1.54, 1.807) is 17.2 Å². The Morgan fingerprint density at radius 3 is 2.94 bits per heavy atom. The number of hydrogen-bond acceptors (Lipinski definition) is 5. The highest BCUT2D eigenvalue weighted by atomic mass is 15.3. The summed E-state index contributed by atoms with van der Waals surface area (Å²) in [5, 5.41) is 7.32. The number of rotatable bonds is 4. The van der Waals surface area contributed by atoms with Crippen LogP contribution in [0.25, 0.3) is 0 Å². The van der Waals surface area contributed by atoms with Gasteiger partial charge in [-0.3, -0.25) is 4.68 Å². The fourth-order valence-corrected chi connectivity index (χ4v) is 1.32. The van der Waals surface area contributed by atoms with E-state index in [-0.39, 0.29) is 0 Å². The summed E-state index contributed by atoms with van der Waals surface area (Å²) >= 11 is 0. The number of nitrogens with zero attached hydrogens (tertiary/aromatic N) is 5. The molecule has 0 aliphatic heterocycles. The van der Waals surface area contributed by atoms with Gasteiger partial charge in [0.05, 0.1) is 0 Å². The van der Waals surface area contributed by atoms with Gasteiger partial charge >= 0.3 is 0 Å². The molecule has 0 bridgehead atoms. The summed E-state index contributed by atoms with van der Waals surface area (Å²) in [5.74, 6) is 1.47. The number of aryl methyl sites for hydroxylation is 2. The van der Waals surface area contributed by atoms with Crippen LogP contribution in [0.1, 0.15) is 11.5 Å². The number of anilines is 1. The smallest absolute Gasteiger partial charge is 0.222 e. The highest BCUT2D eigenvalue weighted by Gasteiger charge is 1.99. The van der Waals surface area contributed by atoms with E-state index in [1.165, 1.54) is 0 Å². The molecule has 1 N–H and O–H groups in total. The van der Waals surface area contributed by atoms with Crippen LogP contribution in [0.15, 0.2) is 18.6 Å². The van der Waals surface area contributed by atoms with Gasteiger partial charge in [-0.05, 0) is 13.0 Å². The summed E-state index contributed by atoms with van der Waals surface area (Å²) < 4.78 is 1.69.